The lowest BCUT2D eigenvalue weighted by molar-refractivity contribution is 0.0521. The maximum atomic E-state index is 12.9. The highest BCUT2D eigenvalue weighted by Crippen LogP contribution is 2.30. The molecule has 28 heavy (non-hydrogen) atoms. The van der Waals surface area contributed by atoms with Crippen LogP contribution in [0.3, 0.4) is 0 Å². The Bertz CT molecular complexity index is 1020. The smallest absolute Gasteiger partial charge is 0.419 e. The molecule has 0 amide bonds. The van der Waals surface area contributed by atoms with Crippen LogP contribution >= 0.6 is 0 Å². The van der Waals surface area contributed by atoms with E-state index in [1.807, 2.05) is 64.1 Å². The summed E-state index contributed by atoms with van der Waals surface area (Å²) in [5.74, 6) is -0.364. The van der Waals surface area contributed by atoms with Crippen LogP contribution in [0, 0.1) is 6.92 Å². The van der Waals surface area contributed by atoms with Crippen LogP contribution in [0.1, 0.15) is 43.6 Å². The van der Waals surface area contributed by atoms with E-state index in [4.69, 9.17) is 9.47 Å². The first-order chi connectivity index (χ1) is 13.2. The van der Waals surface area contributed by atoms with Crippen molar-refractivity contribution in [3.05, 3.63) is 59.7 Å². The Hall–Kier alpha value is -3.08. The zero-order valence-electron chi connectivity index (χ0n) is 16.9. The van der Waals surface area contributed by atoms with Crippen molar-refractivity contribution in [3.8, 4) is 11.3 Å². The van der Waals surface area contributed by atoms with Crippen LogP contribution in [0.25, 0.3) is 22.2 Å². The molecule has 0 spiro atoms. The van der Waals surface area contributed by atoms with Gasteiger partial charge >= 0.3 is 12.1 Å². The predicted molar refractivity (Wildman–Crippen MR) is 110 cm³/mol. The Morgan fingerprint density at radius 2 is 1.68 bits per heavy atom. The Labute approximate surface area is 164 Å². The Morgan fingerprint density at radius 3 is 2.29 bits per heavy atom. The first-order valence-electron chi connectivity index (χ1n) is 9.32. The van der Waals surface area contributed by atoms with Crippen molar-refractivity contribution in [1.82, 2.24) is 4.57 Å². The van der Waals surface area contributed by atoms with Crippen LogP contribution < -0.4 is 0 Å². The summed E-state index contributed by atoms with van der Waals surface area (Å²) in [7, 11) is 0. The molecular formula is C23H25NO4. The van der Waals surface area contributed by atoms with E-state index >= 15 is 0 Å². The molecule has 0 unspecified atom stereocenters. The summed E-state index contributed by atoms with van der Waals surface area (Å²) in [6, 6.07) is 14.9. The van der Waals surface area contributed by atoms with E-state index in [0.29, 0.717) is 17.9 Å². The van der Waals surface area contributed by atoms with Crippen LogP contribution in [-0.4, -0.2) is 28.8 Å². The third-order valence-corrected chi connectivity index (χ3v) is 4.22. The maximum absolute atomic E-state index is 12.9. The van der Waals surface area contributed by atoms with Gasteiger partial charge in [0.1, 0.15) is 5.60 Å². The molecule has 5 nitrogen and oxygen atoms in total. The topological polar surface area (TPSA) is 57.5 Å². The molecule has 1 aromatic heterocycles. The van der Waals surface area contributed by atoms with Crippen molar-refractivity contribution in [1.29, 1.82) is 0 Å². The number of carbonyl (C=O) groups is 2. The summed E-state index contributed by atoms with van der Waals surface area (Å²) >= 11 is 0. The molecule has 2 aromatic carbocycles. The number of aromatic nitrogens is 1. The molecular weight excluding hydrogens is 354 g/mol. The molecule has 0 bridgehead atoms. The van der Waals surface area contributed by atoms with E-state index in [0.717, 1.165) is 22.0 Å². The maximum Gasteiger partial charge on any atom is 0.419 e. The van der Waals surface area contributed by atoms with Gasteiger partial charge in [-0.15, -0.1) is 0 Å². The number of ether oxygens (including phenoxy) is 2. The highest BCUT2D eigenvalue weighted by Gasteiger charge is 2.23. The average molecular weight is 379 g/mol. The summed E-state index contributed by atoms with van der Waals surface area (Å²) in [5.41, 5.74) is 3.28. The highest BCUT2D eigenvalue weighted by molar-refractivity contribution is 5.97. The SMILES string of the molecule is CCOC(=O)c1ccc(-c2cc3cc(C)ccc3n2C(=O)OC(C)(C)C)cc1. The van der Waals surface area contributed by atoms with E-state index in [9.17, 15) is 9.59 Å². The van der Waals surface area contributed by atoms with Crippen molar-refractivity contribution in [2.75, 3.05) is 6.61 Å². The Morgan fingerprint density at radius 1 is 1.00 bits per heavy atom. The summed E-state index contributed by atoms with van der Waals surface area (Å²) in [5, 5.41) is 0.954. The van der Waals surface area contributed by atoms with Crippen molar-refractivity contribution in [2.24, 2.45) is 0 Å². The monoisotopic (exact) mass is 379 g/mol. The first-order valence-corrected chi connectivity index (χ1v) is 9.32. The van der Waals surface area contributed by atoms with Gasteiger partial charge in [0.15, 0.2) is 0 Å². The average Bonchev–Trinajstić information content (AvgIpc) is 2.99. The number of aryl methyl sites for hydroxylation is 1. The van der Waals surface area contributed by atoms with Gasteiger partial charge in [-0.3, -0.25) is 0 Å². The molecule has 0 aliphatic heterocycles. The molecule has 0 aliphatic rings. The van der Waals surface area contributed by atoms with Gasteiger partial charge in [0.2, 0.25) is 0 Å². The van der Waals surface area contributed by atoms with Gasteiger partial charge in [-0.25, -0.2) is 14.2 Å². The van der Waals surface area contributed by atoms with Crippen molar-refractivity contribution < 1.29 is 19.1 Å². The minimum atomic E-state index is -0.608. The van der Waals surface area contributed by atoms with E-state index in [-0.39, 0.29) is 5.97 Å². The predicted octanol–water partition coefficient (Wildman–Crippen LogP) is 5.58. The number of hydrogen-bond acceptors (Lipinski definition) is 4. The number of fused-ring (bicyclic) bond motifs is 1. The molecule has 0 aliphatic carbocycles. The quantitative estimate of drug-likeness (QED) is 0.558. The Balaban J connectivity index is 2.10. The zero-order chi connectivity index (χ0) is 20.5. The first kappa shape index (κ1) is 19.7. The van der Waals surface area contributed by atoms with E-state index in [2.05, 4.69) is 0 Å². The molecule has 0 saturated heterocycles. The molecule has 5 heteroatoms. The second kappa shape index (κ2) is 7.50. The third kappa shape index (κ3) is 4.09. The molecule has 1 heterocycles. The molecule has 0 radical (unpaired) electrons. The number of nitrogens with zero attached hydrogens (tertiary/aromatic N) is 1. The molecule has 0 N–H and O–H groups in total. The molecule has 0 saturated carbocycles. The van der Waals surface area contributed by atoms with E-state index in [1.165, 1.54) is 0 Å². The van der Waals surface area contributed by atoms with Gasteiger partial charge in [0.25, 0.3) is 0 Å². The number of carbonyl (C=O) groups excluding carboxylic acids is 2. The van der Waals surface area contributed by atoms with Crippen molar-refractivity contribution in [2.45, 2.75) is 40.2 Å². The summed E-state index contributed by atoms with van der Waals surface area (Å²) < 4.78 is 12.2. The molecule has 3 aromatic rings. The third-order valence-electron chi connectivity index (χ3n) is 4.22. The van der Waals surface area contributed by atoms with Gasteiger partial charge in [-0.1, -0.05) is 23.8 Å². The fourth-order valence-corrected chi connectivity index (χ4v) is 3.04. The number of benzene rings is 2. The normalized spacial score (nSPS) is 11.5. The highest BCUT2D eigenvalue weighted by atomic mass is 16.6. The van der Waals surface area contributed by atoms with E-state index in [1.54, 1.807) is 23.6 Å². The fraction of sp³-hybridized carbons (Fsp3) is 0.304. The van der Waals surface area contributed by atoms with Gasteiger partial charge in [0.05, 0.1) is 23.4 Å². The summed E-state index contributed by atoms with van der Waals surface area (Å²) in [6.45, 7) is 9.63. The fourth-order valence-electron chi connectivity index (χ4n) is 3.04. The summed E-state index contributed by atoms with van der Waals surface area (Å²) in [4.78, 5) is 24.8. The lowest BCUT2D eigenvalue weighted by Crippen LogP contribution is -2.27. The van der Waals surface area contributed by atoms with Crippen LogP contribution in [0.15, 0.2) is 48.5 Å². The van der Waals surface area contributed by atoms with Crippen LogP contribution in [0.5, 0.6) is 0 Å². The lowest BCUT2D eigenvalue weighted by Gasteiger charge is -2.21. The number of esters is 1. The van der Waals surface area contributed by atoms with Crippen LogP contribution in [-0.2, 0) is 9.47 Å². The minimum absolute atomic E-state index is 0.326. The lowest BCUT2D eigenvalue weighted by atomic mass is 10.1. The van der Waals surface area contributed by atoms with Gasteiger partial charge in [-0.2, -0.15) is 0 Å². The minimum Gasteiger partial charge on any atom is -0.462 e. The van der Waals surface area contributed by atoms with Crippen LogP contribution in [0.2, 0.25) is 0 Å². The second-order valence-electron chi connectivity index (χ2n) is 7.71. The van der Waals surface area contributed by atoms with Gasteiger partial charge in [-0.05, 0) is 70.5 Å². The molecule has 146 valence electrons. The second-order valence-corrected chi connectivity index (χ2v) is 7.71. The molecule has 3 rings (SSSR count). The van der Waals surface area contributed by atoms with Crippen molar-refractivity contribution >= 4 is 23.0 Å². The van der Waals surface area contributed by atoms with Gasteiger partial charge < -0.3 is 9.47 Å². The van der Waals surface area contributed by atoms with E-state index < -0.39 is 11.7 Å². The van der Waals surface area contributed by atoms with Crippen molar-refractivity contribution in [3.63, 3.8) is 0 Å². The number of rotatable bonds is 3. The number of hydrogen-bond donors (Lipinski definition) is 0. The standard InChI is InChI=1S/C23H25NO4/c1-6-27-21(25)17-10-8-16(9-11-17)20-14-18-13-15(2)7-12-19(18)24(20)22(26)28-23(3,4)5/h7-14H,6H2,1-5H3. The summed E-state index contributed by atoms with van der Waals surface area (Å²) in [6.07, 6.45) is -0.434. The van der Waals surface area contributed by atoms with Crippen LogP contribution in [0.4, 0.5) is 4.79 Å². The molecule has 0 fully saturated rings. The Kier molecular flexibility index (Phi) is 5.27. The molecule has 0 atom stereocenters. The largest absolute Gasteiger partial charge is 0.462 e. The van der Waals surface area contributed by atoms with Gasteiger partial charge in [0, 0.05) is 5.39 Å². The zero-order valence-corrected chi connectivity index (χ0v) is 16.9.